The van der Waals surface area contributed by atoms with Crippen LogP contribution in [0.5, 0.6) is 0 Å². The quantitative estimate of drug-likeness (QED) is 0.434. The van der Waals surface area contributed by atoms with Crippen molar-refractivity contribution >= 4 is 23.6 Å². The molecule has 2 aromatic heterocycles. The Morgan fingerprint density at radius 2 is 2.04 bits per heavy atom. The maximum Gasteiger partial charge on any atom is 0.331 e. The molecule has 0 aliphatic heterocycles. The van der Waals surface area contributed by atoms with Crippen molar-refractivity contribution in [2.45, 2.75) is 20.4 Å². The molecule has 0 radical (unpaired) electrons. The first kappa shape index (κ1) is 17.3. The average molecular weight is 350 g/mol. The molecule has 0 saturated carbocycles. The van der Waals surface area contributed by atoms with E-state index >= 15 is 0 Å². The Hall–Kier alpha value is -3.48. The number of aryl methyl sites for hydroxylation is 1. The lowest BCUT2D eigenvalue weighted by Gasteiger charge is -2.11. The molecule has 0 atom stereocenters. The second kappa shape index (κ2) is 7.60. The molecule has 1 aromatic carbocycles. The van der Waals surface area contributed by atoms with E-state index in [2.05, 4.69) is 20.3 Å². The number of hydrogen-bond acceptors (Lipinski definition) is 6. The van der Waals surface area contributed by atoms with Gasteiger partial charge in [0.25, 0.3) is 5.56 Å². The Kier molecular flexibility index (Phi) is 5.07. The minimum absolute atomic E-state index is 0.213. The lowest BCUT2D eigenvalue weighted by molar-refractivity contribution is -0.140. The fraction of sp³-hybridized carbons (Fsp3) is 0.158. The summed E-state index contributed by atoms with van der Waals surface area (Å²) in [7, 11) is 0. The third-order valence-electron chi connectivity index (χ3n) is 3.75. The predicted octanol–water partition coefficient (Wildman–Crippen LogP) is 2.51. The highest BCUT2D eigenvalue weighted by Gasteiger charge is 2.12. The van der Waals surface area contributed by atoms with Crippen LogP contribution in [0.15, 0.2) is 58.6 Å². The molecule has 3 aromatic rings. The van der Waals surface area contributed by atoms with Crippen molar-refractivity contribution in [2.75, 3.05) is 5.32 Å². The van der Waals surface area contributed by atoms with E-state index in [4.69, 9.17) is 0 Å². The monoisotopic (exact) mass is 350 g/mol. The maximum absolute atomic E-state index is 12.8. The molecular weight excluding hydrogens is 332 g/mol. The van der Waals surface area contributed by atoms with Gasteiger partial charge in [0, 0.05) is 19.7 Å². The van der Waals surface area contributed by atoms with Gasteiger partial charge in [-0.05, 0) is 24.1 Å². The molecule has 0 fully saturated rings. The van der Waals surface area contributed by atoms with Gasteiger partial charge in [-0.25, -0.2) is 9.78 Å². The Morgan fingerprint density at radius 1 is 1.27 bits per heavy atom. The Labute approximate surface area is 149 Å². The number of nitrogens with one attached hydrogen (secondary N) is 1. The number of carbonyl (C=O) groups is 1. The molecule has 0 spiro atoms. The lowest BCUT2D eigenvalue weighted by atomic mass is 10.2. The molecule has 0 amide bonds. The van der Waals surface area contributed by atoms with Crippen LogP contribution in [0.25, 0.3) is 5.65 Å². The molecule has 7 heteroatoms. The molecule has 2 heterocycles. The summed E-state index contributed by atoms with van der Waals surface area (Å²) in [5.41, 5.74) is 2.38. The normalized spacial score (nSPS) is 11.0. The minimum Gasteiger partial charge on any atom is -0.365 e. The van der Waals surface area contributed by atoms with Crippen LogP contribution in [0.3, 0.4) is 0 Å². The van der Waals surface area contributed by atoms with Gasteiger partial charge in [-0.3, -0.25) is 9.20 Å². The molecule has 3 rings (SSSR count). The van der Waals surface area contributed by atoms with Crippen LogP contribution in [0.1, 0.15) is 23.6 Å². The summed E-state index contributed by atoms with van der Waals surface area (Å²) in [4.78, 5) is 32.9. The lowest BCUT2D eigenvalue weighted by Crippen LogP contribution is -2.23. The van der Waals surface area contributed by atoms with E-state index in [9.17, 15) is 9.59 Å². The number of rotatable bonds is 5. The number of anilines is 1. The van der Waals surface area contributed by atoms with Crippen molar-refractivity contribution < 1.29 is 9.63 Å². The number of oxime groups is 1. The van der Waals surface area contributed by atoms with E-state index in [0.29, 0.717) is 18.0 Å². The van der Waals surface area contributed by atoms with Gasteiger partial charge >= 0.3 is 5.97 Å². The fourth-order valence-electron chi connectivity index (χ4n) is 2.50. The molecule has 26 heavy (non-hydrogen) atoms. The molecule has 132 valence electrons. The number of aromatic nitrogens is 2. The average Bonchev–Trinajstić information content (AvgIpc) is 2.63. The first-order chi connectivity index (χ1) is 12.6. The Balaban J connectivity index is 2.05. The third kappa shape index (κ3) is 3.77. The van der Waals surface area contributed by atoms with Crippen LogP contribution < -0.4 is 10.9 Å². The van der Waals surface area contributed by atoms with E-state index in [1.165, 1.54) is 17.5 Å². The van der Waals surface area contributed by atoms with Crippen molar-refractivity contribution in [1.29, 1.82) is 0 Å². The minimum atomic E-state index is -0.565. The van der Waals surface area contributed by atoms with Crippen LogP contribution in [0, 0.1) is 6.92 Å². The topological polar surface area (TPSA) is 85.1 Å². The summed E-state index contributed by atoms with van der Waals surface area (Å²) < 4.78 is 1.44. The summed E-state index contributed by atoms with van der Waals surface area (Å²) in [5.74, 6) is -0.186. The number of benzene rings is 1. The van der Waals surface area contributed by atoms with Crippen molar-refractivity contribution in [3.8, 4) is 0 Å². The molecule has 0 saturated heterocycles. The largest absolute Gasteiger partial charge is 0.365 e. The second-order valence-electron chi connectivity index (χ2n) is 5.72. The van der Waals surface area contributed by atoms with Crippen molar-refractivity contribution in [2.24, 2.45) is 5.16 Å². The zero-order valence-corrected chi connectivity index (χ0v) is 14.5. The molecule has 0 unspecified atom stereocenters. The first-order valence-electron chi connectivity index (χ1n) is 8.07. The highest BCUT2D eigenvalue weighted by atomic mass is 16.7. The second-order valence-corrected chi connectivity index (χ2v) is 5.72. The predicted molar refractivity (Wildman–Crippen MR) is 99.3 cm³/mol. The van der Waals surface area contributed by atoms with E-state index in [0.717, 1.165) is 11.1 Å². The molecule has 0 aliphatic rings. The van der Waals surface area contributed by atoms with Crippen molar-refractivity contribution in [3.05, 3.63) is 75.7 Å². The standard InChI is InChI=1S/C19H18N4O3/c1-13-7-6-10-23-18(13)22-17(20-11-15-8-4-3-5-9-15)16(19(23)25)12-21-26-14(2)24/h3-10,12,20H,11H2,1-2H3/b21-12-. The van der Waals surface area contributed by atoms with Gasteiger partial charge in [0.1, 0.15) is 17.0 Å². The summed E-state index contributed by atoms with van der Waals surface area (Å²) in [6.45, 7) is 3.61. The highest BCUT2D eigenvalue weighted by Crippen LogP contribution is 2.13. The third-order valence-corrected chi connectivity index (χ3v) is 3.75. The number of carbonyl (C=O) groups excluding carboxylic acids is 1. The summed E-state index contributed by atoms with van der Waals surface area (Å²) in [6.07, 6.45) is 2.85. The van der Waals surface area contributed by atoms with Gasteiger partial charge in [-0.2, -0.15) is 0 Å². The fourth-order valence-corrected chi connectivity index (χ4v) is 2.50. The Morgan fingerprint density at radius 3 is 2.77 bits per heavy atom. The molecule has 0 aliphatic carbocycles. The zero-order chi connectivity index (χ0) is 18.5. The van der Waals surface area contributed by atoms with Crippen molar-refractivity contribution in [1.82, 2.24) is 9.38 Å². The van der Waals surface area contributed by atoms with E-state index < -0.39 is 5.97 Å². The summed E-state index contributed by atoms with van der Waals surface area (Å²) in [5, 5.41) is 6.75. The number of fused-ring (bicyclic) bond motifs is 1. The van der Waals surface area contributed by atoms with Gasteiger partial charge in [-0.15, -0.1) is 0 Å². The van der Waals surface area contributed by atoms with Crippen LogP contribution in [0.2, 0.25) is 0 Å². The zero-order valence-electron chi connectivity index (χ0n) is 14.5. The SMILES string of the molecule is CC(=O)O/N=C\c1c(NCc2ccccc2)nc2c(C)cccn2c1=O. The number of nitrogens with zero attached hydrogens (tertiary/aromatic N) is 3. The van der Waals surface area contributed by atoms with Gasteiger partial charge in [0.2, 0.25) is 0 Å². The Bertz CT molecular complexity index is 1030. The number of hydrogen-bond donors (Lipinski definition) is 1. The summed E-state index contributed by atoms with van der Waals surface area (Å²) >= 11 is 0. The van der Waals surface area contributed by atoms with Crippen LogP contribution >= 0.6 is 0 Å². The molecule has 1 N–H and O–H groups in total. The molecule has 0 bridgehead atoms. The van der Waals surface area contributed by atoms with Crippen LogP contribution in [-0.4, -0.2) is 21.6 Å². The molecule has 7 nitrogen and oxygen atoms in total. The van der Waals surface area contributed by atoms with Crippen molar-refractivity contribution in [3.63, 3.8) is 0 Å². The maximum atomic E-state index is 12.8. The highest BCUT2D eigenvalue weighted by molar-refractivity contribution is 5.86. The van der Waals surface area contributed by atoms with Gasteiger partial charge in [0.05, 0.1) is 6.21 Å². The van der Waals surface area contributed by atoms with E-state index in [1.54, 1.807) is 12.3 Å². The first-order valence-corrected chi connectivity index (χ1v) is 8.07. The van der Waals surface area contributed by atoms with E-state index in [1.807, 2.05) is 43.3 Å². The van der Waals surface area contributed by atoms with Gasteiger partial charge in [-0.1, -0.05) is 41.6 Å². The van der Waals surface area contributed by atoms with Crippen LogP contribution in [0.4, 0.5) is 5.82 Å². The summed E-state index contributed by atoms with van der Waals surface area (Å²) in [6, 6.07) is 13.4. The van der Waals surface area contributed by atoms with Crippen LogP contribution in [-0.2, 0) is 16.2 Å². The number of pyridine rings is 1. The smallest absolute Gasteiger partial charge is 0.331 e. The van der Waals surface area contributed by atoms with Gasteiger partial charge < -0.3 is 10.2 Å². The van der Waals surface area contributed by atoms with Gasteiger partial charge in [0.15, 0.2) is 0 Å². The molecular formula is C19H18N4O3. The van der Waals surface area contributed by atoms with E-state index in [-0.39, 0.29) is 11.1 Å².